The number of hydrogen-bond donors (Lipinski definition) is 0. The predicted octanol–water partition coefficient (Wildman–Crippen LogP) is 14.4. The fraction of sp³-hybridized carbons (Fsp3) is 0. The van der Waals surface area contributed by atoms with Gasteiger partial charge in [0.25, 0.3) is 0 Å². The average molecular weight is 748 g/mol. The standard InChI is InChI=1S/C51H29N3O2S/c1-3-12-30(13-4-1)49-52-50(31-14-5-2-6-15-31)54-51(53-49)38-19-11-20-41-46(38)39-28-32(25-27-40(39)55-41)34-17-9-21-42-47(34)48-35(18-10-22-43(48)56-42)33-24-26-37-36-16-7-8-23-44(36)57-45(37)29-33/h1-29H. The zero-order chi connectivity index (χ0) is 37.5. The molecule has 5 nitrogen and oxygen atoms in total. The van der Waals surface area contributed by atoms with Crippen molar-refractivity contribution in [2.75, 3.05) is 0 Å². The largest absolute Gasteiger partial charge is 0.456 e. The van der Waals surface area contributed by atoms with Crippen LogP contribution in [0.4, 0.5) is 0 Å². The van der Waals surface area contributed by atoms with Crippen LogP contribution in [0.3, 0.4) is 0 Å². The first-order valence-corrected chi connectivity index (χ1v) is 19.7. The third kappa shape index (κ3) is 5.12. The summed E-state index contributed by atoms with van der Waals surface area (Å²) < 4.78 is 15.7. The van der Waals surface area contributed by atoms with Gasteiger partial charge >= 0.3 is 0 Å². The monoisotopic (exact) mass is 747 g/mol. The van der Waals surface area contributed by atoms with Crippen molar-refractivity contribution in [2.45, 2.75) is 0 Å². The van der Waals surface area contributed by atoms with Crippen LogP contribution in [0.1, 0.15) is 0 Å². The van der Waals surface area contributed by atoms with Gasteiger partial charge in [0.1, 0.15) is 22.3 Å². The summed E-state index contributed by atoms with van der Waals surface area (Å²) in [7, 11) is 0. The Labute approximate surface area is 330 Å². The first-order chi connectivity index (χ1) is 28.2. The lowest BCUT2D eigenvalue weighted by molar-refractivity contribution is 0.669. The van der Waals surface area contributed by atoms with E-state index in [0.29, 0.717) is 17.5 Å². The van der Waals surface area contributed by atoms with Gasteiger partial charge in [-0.1, -0.05) is 133 Å². The summed E-state index contributed by atoms with van der Waals surface area (Å²) in [5.74, 6) is 1.82. The lowest BCUT2D eigenvalue weighted by Gasteiger charge is -2.09. The lowest BCUT2D eigenvalue weighted by Crippen LogP contribution is -2.00. The van der Waals surface area contributed by atoms with Gasteiger partial charge in [0, 0.05) is 58.4 Å². The molecule has 0 saturated heterocycles. The Kier molecular flexibility index (Phi) is 7.03. The summed E-state index contributed by atoms with van der Waals surface area (Å²) in [5.41, 5.74) is 10.5. The van der Waals surface area contributed by atoms with Gasteiger partial charge in [-0.25, -0.2) is 15.0 Å². The lowest BCUT2D eigenvalue weighted by atomic mass is 9.93. The molecule has 0 N–H and O–H groups in total. The van der Waals surface area contributed by atoms with E-state index in [2.05, 4.69) is 103 Å². The van der Waals surface area contributed by atoms with Gasteiger partial charge in [-0.3, -0.25) is 0 Å². The molecule has 6 heteroatoms. The van der Waals surface area contributed by atoms with Crippen LogP contribution in [0.2, 0.25) is 0 Å². The molecule has 0 bridgehead atoms. The average Bonchev–Trinajstić information content (AvgIpc) is 3.97. The second-order valence-corrected chi connectivity index (χ2v) is 15.4. The Balaban J connectivity index is 1.06. The Morgan fingerprint density at radius 1 is 0.316 bits per heavy atom. The van der Waals surface area contributed by atoms with Gasteiger partial charge in [0.15, 0.2) is 17.5 Å². The van der Waals surface area contributed by atoms with Gasteiger partial charge in [0.05, 0.1) is 0 Å². The summed E-state index contributed by atoms with van der Waals surface area (Å²) in [5, 5.41) is 6.72. The molecular weight excluding hydrogens is 719 g/mol. The number of furan rings is 2. The minimum atomic E-state index is 0.588. The molecule has 12 aromatic rings. The minimum absolute atomic E-state index is 0.588. The second-order valence-electron chi connectivity index (χ2n) is 14.3. The van der Waals surface area contributed by atoms with Crippen LogP contribution < -0.4 is 0 Å². The van der Waals surface area contributed by atoms with Gasteiger partial charge in [-0.15, -0.1) is 11.3 Å². The highest BCUT2D eigenvalue weighted by atomic mass is 32.1. The number of hydrogen-bond acceptors (Lipinski definition) is 6. The molecule has 0 aliphatic rings. The van der Waals surface area contributed by atoms with Crippen LogP contribution in [0.5, 0.6) is 0 Å². The van der Waals surface area contributed by atoms with Crippen LogP contribution in [0.25, 0.3) is 120 Å². The maximum absolute atomic E-state index is 6.59. The van der Waals surface area contributed by atoms with Crippen molar-refractivity contribution in [1.29, 1.82) is 0 Å². The molecule has 0 unspecified atom stereocenters. The minimum Gasteiger partial charge on any atom is -0.456 e. The summed E-state index contributed by atoms with van der Waals surface area (Å²) in [6.07, 6.45) is 0. The zero-order valence-corrected chi connectivity index (χ0v) is 31.1. The quantitative estimate of drug-likeness (QED) is 0.175. The Morgan fingerprint density at radius 3 is 1.53 bits per heavy atom. The van der Waals surface area contributed by atoms with E-state index >= 15 is 0 Å². The molecule has 0 fully saturated rings. The van der Waals surface area contributed by atoms with E-state index in [-0.39, 0.29) is 0 Å². The maximum Gasteiger partial charge on any atom is 0.164 e. The highest BCUT2D eigenvalue weighted by molar-refractivity contribution is 7.25. The molecule has 0 aliphatic heterocycles. The smallest absolute Gasteiger partial charge is 0.164 e. The predicted molar refractivity (Wildman–Crippen MR) is 234 cm³/mol. The van der Waals surface area contributed by atoms with E-state index < -0.39 is 0 Å². The van der Waals surface area contributed by atoms with E-state index in [0.717, 1.165) is 77.3 Å². The molecule has 4 heterocycles. The molecule has 0 aliphatic carbocycles. The van der Waals surface area contributed by atoms with E-state index in [1.165, 1.54) is 25.7 Å². The molecule has 8 aromatic carbocycles. The summed E-state index contributed by atoms with van der Waals surface area (Å²) in [6.45, 7) is 0. The highest BCUT2D eigenvalue weighted by Crippen LogP contribution is 2.45. The van der Waals surface area contributed by atoms with Crippen LogP contribution in [-0.2, 0) is 0 Å². The first kappa shape index (κ1) is 31.9. The Bertz CT molecular complexity index is 3470. The third-order valence-electron chi connectivity index (χ3n) is 11.0. The molecule has 0 spiro atoms. The van der Waals surface area contributed by atoms with Crippen molar-refractivity contribution in [1.82, 2.24) is 15.0 Å². The summed E-state index contributed by atoms with van der Waals surface area (Å²) in [4.78, 5) is 15.1. The number of aromatic nitrogens is 3. The molecule has 266 valence electrons. The van der Waals surface area contributed by atoms with E-state index in [1.807, 2.05) is 84.1 Å². The van der Waals surface area contributed by atoms with Crippen LogP contribution in [0.15, 0.2) is 185 Å². The normalized spacial score (nSPS) is 11.9. The fourth-order valence-corrected chi connectivity index (χ4v) is 9.50. The Hall–Kier alpha value is -7.41. The number of nitrogens with zero attached hydrogens (tertiary/aromatic N) is 3. The van der Waals surface area contributed by atoms with Crippen LogP contribution in [0, 0.1) is 0 Å². The summed E-state index contributed by atoms with van der Waals surface area (Å²) in [6, 6.07) is 60.9. The molecular formula is C51H29N3O2S. The number of fused-ring (bicyclic) bond motifs is 9. The molecule has 0 radical (unpaired) electrons. The van der Waals surface area contributed by atoms with Crippen molar-refractivity contribution < 1.29 is 8.83 Å². The first-order valence-electron chi connectivity index (χ1n) is 18.9. The molecule has 57 heavy (non-hydrogen) atoms. The van der Waals surface area contributed by atoms with Crippen LogP contribution >= 0.6 is 11.3 Å². The van der Waals surface area contributed by atoms with Crippen molar-refractivity contribution >= 4 is 75.4 Å². The Morgan fingerprint density at radius 2 is 0.842 bits per heavy atom. The second kappa shape index (κ2) is 12.6. The van der Waals surface area contributed by atoms with E-state index in [4.69, 9.17) is 23.8 Å². The topological polar surface area (TPSA) is 65.0 Å². The highest BCUT2D eigenvalue weighted by Gasteiger charge is 2.21. The number of rotatable bonds is 5. The zero-order valence-electron chi connectivity index (χ0n) is 30.3. The van der Waals surface area contributed by atoms with Crippen molar-refractivity contribution in [3.05, 3.63) is 176 Å². The fourth-order valence-electron chi connectivity index (χ4n) is 8.35. The molecule has 0 amide bonds. The van der Waals surface area contributed by atoms with E-state index in [9.17, 15) is 0 Å². The molecule has 0 saturated carbocycles. The van der Waals surface area contributed by atoms with Crippen LogP contribution in [-0.4, -0.2) is 15.0 Å². The van der Waals surface area contributed by atoms with Gasteiger partial charge in [-0.2, -0.15) is 0 Å². The van der Waals surface area contributed by atoms with E-state index in [1.54, 1.807) is 0 Å². The number of benzene rings is 8. The van der Waals surface area contributed by atoms with Crippen molar-refractivity contribution in [3.8, 4) is 56.4 Å². The van der Waals surface area contributed by atoms with Gasteiger partial charge in [-0.05, 0) is 64.7 Å². The SMILES string of the molecule is c1ccc(-c2nc(-c3ccccc3)nc(-c3cccc4oc5ccc(-c6cccc7oc8cccc(-c9ccc%10c(c9)sc9ccccc9%10)c8c67)cc5c34)n2)cc1. The third-order valence-corrected chi connectivity index (χ3v) is 12.1. The number of thiophene rings is 1. The molecule has 0 atom stereocenters. The molecule has 12 rings (SSSR count). The van der Waals surface area contributed by atoms with Crippen molar-refractivity contribution in [3.63, 3.8) is 0 Å². The van der Waals surface area contributed by atoms with Gasteiger partial charge < -0.3 is 8.83 Å². The van der Waals surface area contributed by atoms with Gasteiger partial charge in [0.2, 0.25) is 0 Å². The maximum atomic E-state index is 6.59. The molecule has 4 aromatic heterocycles. The van der Waals surface area contributed by atoms with Crippen molar-refractivity contribution in [2.24, 2.45) is 0 Å². The summed E-state index contributed by atoms with van der Waals surface area (Å²) >= 11 is 1.84.